The van der Waals surface area contributed by atoms with Crippen LogP contribution in [0.5, 0.6) is 0 Å². The third-order valence-corrected chi connectivity index (χ3v) is 8.91. The number of furan rings is 1. The lowest BCUT2D eigenvalue weighted by Gasteiger charge is -2.20. The third kappa shape index (κ3) is 5.51. The van der Waals surface area contributed by atoms with E-state index < -0.39 is 21.6 Å². The monoisotopic (exact) mass is 548 g/mol. The van der Waals surface area contributed by atoms with Gasteiger partial charge in [-0.2, -0.15) is 4.31 Å². The Kier molecular flexibility index (Phi) is 7.63. The maximum absolute atomic E-state index is 14.2. The molecular weight excluding hydrogens is 519 g/mol. The van der Waals surface area contributed by atoms with Crippen LogP contribution in [0.25, 0.3) is 11.0 Å². The van der Waals surface area contributed by atoms with Gasteiger partial charge in [-0.15, -0.1) is 0 Å². The number of sulfonamides is 1. The SMILES string of the molecule is Cc1ccc(C(=O)c2oc3ccccc3c2NCC(=O)c2cccc(S(=O)(=O)N3CCCCCC3)c2)cc1F. The van der Waals surface area contributed by atoms with E-state index in [1.165, 1.54) is 28.6 Å². The van der Waals surface area contributed by atoms with Crippen molar-refractivity contribution in [3.05, 3.63) is 95.0 Å². The van der Waals surface area contributed by atoms with Crippen molar-refractivity contribution in [3.63, 3.8) is 0 Å². The molecule has 2 heterocycles. The van der Waals surface area contributed by atoms with Crippen LogP contribution in [0.15, 0.2) is 76.0 Å². The van der Waals surface area contributed by atoms with Crippen molar-refractivity contribution in [2.75, 3.05) is 25.0 Å². The molecule has 0 bridgehead atoms. The van der Waals surface area contributed by atoms with Crippen molar-refractivity contribution in [1.82, 2.24) is 4.31 Å². The Hall–Kier alpha value is -3.82. The zero-order valence-electron chi connectivity index (χ0n) is 21.6. The van der Waals surface area contributed by atoms with Crippen molar-refractivity contribution in [3.8, 4) is 0 Å². The summed E-state index contributed by atoms with van der Waals surface area (Å²) in [6, 6.07) is 17.2. The minimum absolute atomic E-state index is 0.0373. The molecule has 1 fully saturated rings. The average molecular weight is 549 g/mol. The second kappa shape index (κ2) is 11.1. The first-order valence-corrected chi connectivity index (χ1v) is 14.4. The van der Waals surface area contributed by atoms with E-state index in [9.17, 15) is 22.4 Å². The number of halogens is 1. The summed E-state index contributed by atoms with van der Waals surface area (Å²) in [6.07, 6.45) is 3.64. The number of nitrogens with one attached hydrogen (secondary N) is 1. The van der Waals surface area contributed by atoms with Crippen LogP contribution in [0, 0.1) is 12.7 Å². The molecule has 1 aliphatic rings. The molecule has 39 heavy (non-hydrogen) atoms. The fourth-order valence-corrected chi connectivity index (χ4v) is 6.34. The fourth-order valence-electron chi connectivity index (χ4n) is 4.78. The number of para-hydroxylation sites is 1. The lowest BCUT2D eigenvalue weighted by Crippen LogP contribution is -2.32. The average Bonchev–Trinajstić information content (AvgIpc) is 3.09. The molecule has 0 amide bonds. The Balaban J connectivity index is 1.40. The first-order valence-electron chi connectivity index (χ1n) is 13.0. The number of ketones is 2. The predicted octanol–water partition coefficient (Wildman–Crippen LogP) is 5.97. The number of hydrogen-bond donors (Lipinski definition) is 1. The number of hydrogen-bond acceptors (Lipinski definition) is 6. The maximum Gasteiger partial charge on any atom is 0.243 e. The van der Waals surface area contributed by atoms with Crippen molar-refractivity contribution in [2.45, 2.75) is 37.5 Å². The minimum Gasteiger partial charge on any atom is -0.450 e. The van der Waals surface area contributed by atoms with E-state index in [0.717, 1.165) is 31.7 Å². The van der Waals surface area contributed by atoms with E-state index in [4.69, 9.17) is 4.42 Å². The first kappa shape index (κ1) is 26.8. The molecule has 1 N–H and O–H groups in total. The molecule has 1 aliphatic heterocycles. The minimum atomic E-state index is -3.71. The number of rotatable bonds is 8. The molecule has 7 nitrogen and oxygen atoms in total. The number of benzene rings is 3. The van der Waals surface area contributed by atoms with Gasteiger partial charge in [-0.05, 0) is 55.7 Å². The number of aryl methyl sites for hydroxylation is 1. The number of anilines is 1. The highest BCUT2D eigenvalue weighted by Crippen LogP contribution is 2.33. The lowest BCUT2D eigenvalue weighted by molar-refractivity contribution is 0.0997. The van der Waals surface area contributed by atoms with Crippen LogP contribution in [-0.4, -0.2) is 43.9 Å². The zero-order chi connectivity index (χ0) is 27.6. The summed E-state index contributed by atoms with van der Waals surface area (Å²) >= 11 is 0. The van der Waals surface area contributed by atoms with Crippen molar-refractivity contribution < 1.29 is 26.8 Å². The Bertz CT molecular complexity index is 1650. The van der Waals surface area contributed by atoms with E-state index in [1.54, 1.807) is 43.3 Å². The van der Waals surface area contributed by atoms with Gasteiger partial charge in [0.05, 0.1) is 17.1 Å². The third-order valence-electron chi connectivity index (χ3n) is 7.02. The number of carbonyl (C=O) groups is 2. The van der Waals surface area contributed by atoms with E-state index in [-0.39, 0.29) is 34.1 Å². The Labute approximate surface area is 226 Å². The molecule has 1 aromatic heterocycles. The summed E-state index contributed by atoms with van der Waals surface area (Å²) in [5, 5.41) is 3.62. The Morgan fingerprint density at radius 1 is 0.923 bits per heavy atom. The molecule has 0 radical (unpaired) electrons. The van der Waals surface area contributed by atoms with Gasteiger partial charge in [-0.3, -0.25) is 9.59 Å². The maximum atomic E-state index is 14.2. The molecule has 202 valence electrons. The van der Waals surface area contributed by atoms with Gasteiger partial charge in [-0.25, -0.2) is 12.8 Å². The molecule has 0 saturated carbocycles. The Morgan fingerprint density at radius 2 is 1.67 bits per heavy atom. The summed E-state index contributed by atoms with van der Waals surface area (Å²) in [5.41, 5.74) is 1.53. The van der Waals surface area contributed by atoms with Crippen molar-refractivity contribution in [2.24, 2.45) is 0 Å². The van der Waals surface area contributed by atoms with Gasteiger partial charge in [0.1, 0.15) is 11.4 Å². The number of carbonyl (C=O) groups excluding carboxylic acids is 2. The molecule has 0 unspecified atom stereocenters. The van der Waals surface area contributed by atoms with Crippen LogP contribution < -0.4 is 5.32 Å². The highest BCUT2D eigenvalue weighted by Gasteiger charge is 2.27. The van der Waals surface area contributed by atoms with Crippen LogP contribution in [0.1, 0.15) is 57.7 Å². The van der Waals surface area contributed by atoms with E-state index in [1.807, 2.05) is 0 Å². The molecule has 0 atom stereocenters. The van der Waals surface area contributed by atoms with Gasteiger partial charge in [0.2, 0.25) is 15.8 Å². The number of fused-ring (bicyclic) bond motifs is 1. The topological polar surface area (TPSA) is 96.7 Å². The summed E-state index contributed by atoms with van der Waals surface area (Å²) in [5.74, 6) is -1.42. The van der Waals surface area contributed by atoms with Gasteiger partial charge in [-0.1, -0.05) is 49.2 Å². The normalized spacial score (nSPS) is 14.7. The van der Waals surface area contributed by atoms with Gasteiger partial charge in [0.25, 0.3) is 0 Å². The fraction of sp³-hybridized carbons (Fsp3) is 0.267. The van der Waals surface area contributed by atoms with Crippen molar-refractivity contribution >= 4 is 38.2 Å². The number of nitrogens with zero attached hydrogens (tertiary/aromatic N) is 1. The molecule has 0 aliphatic carbocycles. The smallest absolute Gasteiger partial charge is 0.243 e. The second-order valence-corrected chi connectivity index (χ2v) is 11.7. The molecule has 3 aromatic carbocycles. The standard InChI is InChI=1S/C30H29FN2O5S/c1-20-13-14-22(18-25(20)31)29(35)30-28(24-11-4-5-12-27(24)38-30)32-19-26(34)21-9-8-10-23(17-21)39(36,37)33-15-6-2-3-7-16-33/h4-5,8-14,17-18,32H,2-3,6-7,15-16,19H2,1H3. The quantitative estimate of drug-likeness (QED) is 0.273. The van der Waals surface area contributed by atoms with E-state index in [0.29, 0.717) is 35.3 Å². The molecule has 9 heteroatoms. The van der Waals surface area contributed by atoms with Gasteiger partial charge in [0.15, 0.2) is 11.5 Å². The highest BCUT2D eigenvalue weighted by molar-refractivity contribution is 7.89. The van der Waals surface area contributed by atoms with Crippen molar-refractivity contribution in [1.29, 1.82) is 0 Å². The number of Topliss-reactive ketones (excluding diaryl/α,β-unsaturated/α-hetero) is 1. The first-order chi connectivity index (χ1) is 18.8. The lowest BCUT2D eigenvalue weighted by atomic mass is 10.0. The van der Waals surface area contributed by atoms with E-state index in [2.05, 4.69) is 5.32 Å². The van der Waals surface area contributed by atoms with Gasteiger partial charge in [0, 0.05) is 29.6 Å². The van der Waals surface area contributed by atoms with Crippen LogP contribution in [0.4, 0.5) is 10.1 Å². The van der Waals surface area contributed by atoms with Gasteiger partial charge < -0.3 is 9.73 Å². The van der Waals surface area contributed by atoms with Crippen LogP contribution in [0.2, 0.25) is 0 Å². The Morgan fingerprint density at radius 3 is 2.41 bits per heavy atom. The molecular formula is C30H29FN2O5S. The molecule has 4 aromatic rings. The molecule has 5 rings (SSSR count). The predicted molar refractivity (Wildman–Crippen MR) is 147 cm³/mol. The second-order valence-electron chi connectivity index (χ2n) is 9.72. The summed E-state index contributed by atoms with van der Waals surface area (Å²) < 4.78 is 47.9. The zero-order valence-corrected chi connectivity index (χ0v) is 22.4. The molecule has 1 saturated heterocycles. The summed E-state index contributed by atoms with van der Waals surface area (Å²) in [7, 11) is -3.71. The highest BCUT2D eigenvalue weighted by atomic mass is 32.2. The molecule has 0 spiro atoms. The summed E-state index contributed by atoms with van der Waals surface area (Å²) in [6.45, 7) is 2.34. The van der Waals surface area contributed by atoms with Gasteiger partial charge >= 0.3 is 0 Å². The van der Waals surface area contributed by atoms with Crippen LogP contribution in [-0.2, 0) is 10.0 Å². The summed E-state index contributed by atoms with van der Waals surface area (Å²) in [4.78, 5) is 26.6. The van der Waals surface area contributed by atoms with Crippen LogP contribution >= 0.6 is 0 Å². The van der Waals surface area contributed by atoms with E-state index >= 15 is 0 Å². The van der Waals surface area contributed by atoms with Crippen LogP contribution in [0.3, 0.4) is 0 Å². The largest absolute Gasteiger partial charge is 0.450 e.